The summed E-state index contributed by atoms with van der Waals surface area (Å²) in [5.74, 6) is -0.412. The number of carbonyl (C=O) groups is 1. The van der Waals surface area contributed by atoms with Gasteiger partial charge in [0.1, 0.15) is 0 Å². The van der Waals surface area contributed by atoms with Crippen molar-refractivity contribution in [3.63, 3.8) is 0 Å². The van der Waals surface area contributed by atoms with Crippen LogP contribution in [0.5, 0.6) is 0 Å². The third-order valence-electron chi connectivity index (χ3n) is 4.38. The van der Waals surface area contributed by atoms with Crippen LogP contribution in [-0.2, 0) is 21.4 Å². The number of hydrogen-bond acceptors (Lipinski definition) is 3. The molecular weight excluding hydrogens is 532 g/mol. The second kappa shape index (κ2) is 9.87. The first kappa shape index (κ1) is 22.7. The molecule has 0 aliphatic rings. The van der Waals surface area contributed by atoms with Gasteiger partial charge in [-0.05, 0) is 61.0 Å². The number of aryl methyl sites for hydroxylation is 1. The van der Waals surface area contributed by atoms with Crippen LogP contribution in [0.1, 0.15) is 11.1 Å². The number of benzene rings is 3. The van der Waals surface area contributed by atoms with Crippen molar-refractivity contribution in [2.45, 2.75) is 18.4 Å². The molecule has 0 unspecified atom stereocenters. The van der Waals surface area contributed by atoms with Gasteiger partial charge in [0.15, 0.2) is 0 Å². The van der Waals surface area contributed by atoms with Crippen LogP contribution in [-0.4, -0.2) is 25.2 Å². The molecular formula is C22H20Br2N2O3S. The molecule has 8 heteroatoms. The van der Waals surface area contributed by atoms with Gasteiger partial charge in [0.25, 0.3) is 0 Å². The Bertz CT molecular complexity index is 1110. The maximum Gasteiger partial charge on any atom is 0.243 e. The lowest BCUT2D eigenvalue weighted by Crippen LogP contribution is -2.37. The van der Waals surface area contributed by atoms with E-state index in [2.05, 4.69) is 37.2 Å². The molecule has 5 nitrogen and oxygen atoms in total. The number of sulfonamides is 1. The smallest absolute Gasteiger partial charge is 0.243 e. The molecule has 0 saturated heterocycles. The zero-order valence-corrected chi connectivity index (χ0v) is 20.2. The highest BCUT2D eigenvalue weighted by molar-refractivity contribution is 9.10. The van der Waals surface area contributed by atoms with Gasteiger partial charge in [-0.15, -0.1) is 0 Å². The van der Waals surface area contributed by atoms with Crippen LogP contribution in [0.2, 0.25) is 0 Å². The van der Waals surface area contributed by atoms with Gasteiger partial charge in [0.2, 0.25) is 15.9 Å². The summed E-state index contributed by atoms with van der Waals surface area (Å²) in [6.45, 7) is 1.75. The predicted molar refractivity (Wildman–Crippen MR) is 126 cm³/mol. The molecule has 156 valence electrons. The summed E-state index contributed by atoms with van der Waals surface area (Å²) >= 11 is 6.66. The zero-order valence-electron chi connectivity index (χ0n) is 16.2. The Morgan fingerprint density at radius 3 is 1.97 bits per heavy atom. The van der Waals surface area contributed by atoms with E-state index in [4.69, 9.17) is 0 Å². The van der Waals surface area contributed by atoms with E-state index in [9.17, 15) is 13.2 Å². The van der Waals surface area contributed by atoms with Gasteiger partial charge in [-0.1, -0.05) is 61.7 Å². The first-order valence-corrected chi connectivity index (χ1v) is 12.1. The van der Waals surface area contributed by atoms with E-state index in [0.29, 0.717) is 5.69 Å². The lowest BCUT2D eigenvalue weighted by atomic mass is 10.1. The summed E-state index contributed by atoms with van der Waals surface area (Å²) in [7, 11) is -3.88. The number of rotatable bonds is 7. The van der Waals surface area contributed by atoms with Crippen molar-refractivity contribution < 1.29 is 13.2 Å². The summed E-state index contributed by atoms with van der Waals surface area (Å²) in [6.07, 6.45) is 0. The van der Waals surface area contributed by atoms with Crippen molar-refractivity contribution in [3.8, 4) is 0 Å². The van der Waals surface area contributed by atoms with E-state index in [0.717, 1.165) is 20.1 Å². The van der Waals surface area contributed by atoms with Gasteiger partial charge in [-0.2, -0.15) is 4.31 Å². The number of anilines is 1. The van der Waals surface area contributed by atoms with Gasteiger partial charge >= 0.3 is 0 Å². The van der Waals surface area contributed by atoms with E-state index in [1.54, 1.807) is 36.4 Å². The summed E-state index contributed by atoms with van der Waals surface area (Å²) in [5, 5.41) is 2.75. The molecule has 0 bridgehead atoms. The molecule has 30 heavy (non-hydrogen) atoms. The Kier molecular flexibility index (Phi) is 7.46. The van der Waals surface area contributed by atoms with Crippen LogP contribution < -0.4 is 5.32 Å². The van der Waals surface area contributed by atoms with Crippen molar-refractivity contribution in [2.24, 2.45) is 0 Å². The number of halogens is 2. The van der Waals surface area contributed by atoms with E-state index < -0.39 is 15.9 Å². The fraction of sp³-hybridized carbons (Fsp3) is 0.136. The van der Waals surface area contributed by atoms with Crippen molar-refractivity contribution in [1.82, 2.24) is 4.31 Å². The fourth-order valence-electron chi connectivity index (χ4n) is 2.77. The summed E-state index contributed by atoms with van der Waals surface area (Å²) in [6, 6.07) is 21.0. The number of hydrogen-bond donors (Lipinski definition) is 1. The predicted octanol–water partition coefficient (Wildman–Crippen LogP) is 5.35. The highest BCUT2D eigenvalue weighted by Crippen LogP contribution is 2.21. The molecule has 0 aliphatic carbocycles. The molecule has 3 rings (SSSR count). The molecule has 0 saturated carbocycles. The monoisotopic (exact) mass is 550 g/mol. The standard InChI is InChI=1S/C22H20Br2N2O3S/c1-16-2-4-17(5-3-16)14-26(30(28,29)21-12-8-19(24)9-13-21)15-22(27)25-20-10-6-18(23)7-11-20/h2-13H,14-15H2,1H3,(H,25,27). The van der Waals surface area contributed by atoms with Crippen molar-refractivity contribution in [1.29, 1.82) is 0 Å². The number of nitrogens with one attached hydrogen (secondary N) is 1. The SMILES string of the molecule is Cc1ccc(CN(CC(=O)Nc2ccc(Br)cc2)S(=O)(=O)c2ccc(Br)cc2)cc1. The van der Waals surface area contributed by atoms with E-state index in [1.807, 2.05) is 31.2 Å². The van der Waals surface area contributed by atoms with Crippen LogP contribution in [0.15, 0.2) is 86.6 Å². The Balaban J connectivity index is 1.86. The number of carbonyl (C=O) groups excluding carboxylic acids is 1. The Hall–Kier alpha value is -2.00. The normalized spacial score (nSPS) is 11.5. The summed E-state index contributed by atoms with van der Waals surface area (Å²) < 4.78 is 29.4. The second-order valence-corrected chi connectivity index (χ2v) is 10.5. The fourth-order valence-corrected chi connectivity index (χ4v) is 4.69. The van der Waals surface area contributed by atoms with Crippen LogP contribution in [0.3, 0.4) is 0 Å². The Labute approximate surface area is 193 Å². The first-order chi connectivity index (χ1) is 14.2. The van der Waals surface area contributed by atoms with Crippen molar-refractivity contribution in [2.75, 3.05) is 11.9 Å². The number of amides is 1. The van der Waals surface area contributed by atoms with Gasteiger partial charge in [0.05, 0.1) is 11.4 Å². The van der Waals surface area contributed by atoms with E-state index in [-0.39, 0.29) is 18.0 Å². The highest BCUT2D eigenvalue weighted by Gasteiger charge is 2.27. The largest absolute Gasteiger partial charge is 0.325 e. The Morgan fingerprint density at radius 1 is 0.867 bits per heavy atom. The van der Waals surface area contributed by atoms with Crippen LogP contribution in [0, 0.1) is 6.92 Å². The quantitative estimate of drug-likeness (QED) is 0.430. The second-order valence-electron chi connectivity index (χ2n) is 6.77. The summed E-state index contributed by atoms with van der Waals surface area (Å²) in [5.41, 5.74) is 2.48. The van der Waals surface area contributed by atoms with Gasteiger partial charge < -0.3 is 5.32 Å². The molecule has 1 N–H and O–H groups in total. The lowest BCUT2D eigenvalue weighted by Gasteiger charge is -2.22. The maximum absolute atomic E-state index is 13.3. The molecule has 0 heterocycles. The molecule has 0 atom stereocenters. The minimum atomic E-state index is -3.88. The first-order valence-electron chi connectivity index (χ1n) is 9.11. The van der Waals surface area contributed by atoms with E-state index in [1.165, 1.54) is 16.4 Å². The summed E-state index contributed by atoms with van der Waals surface area (Å²) in [4.78, 5) is 12.8. The van der Waals surface area contributed by atoms with Crippen LogP contribution >= 0.6 is 31.9 Å². The zero-order chi connectivity index (χ0) is 21.7. The molecule has 0 aromatic heterocycles. The molecule has 3 aromatic carbocycles. The third-order valence-corrected chi connectivity index (χ3v) is 7.24. The average molecular weight is 552 g/mol. The number of nitrogens with zero attached hydrogens (tertiary/aromatic N) is 1. The maximum atomic E-state index is 13.3. The molecule has 0 aliphatic heterocycles. The van der Waals surface area contributed by atoms with Crippen molar-refractivity contribution in [3.05, 3.63) is 92.9 Å². The topological polar surface area (TPSA) is 66.5 Å². The van der Waals surface area contributed by atoms with Gasteiger partial charge in [-0.3, -0.25) is 4.79 Å². The van der Waals surface area contributed by atoms with E-state index >= 15 is 0 Å². The molecule has 3 aromatic rings. The lowest BCUT2D eigenvalue weighted by molar-refractivity contribution is -0.116. The van der Waals surface area contributed by atoms with Gasteiger partial charge in [0, 0.05) is 21.2 Å². The van der Waals surface area contributed by atoms with Crippen LogP contribution in [0.25, 0.3) is 0 Å². The molecule has 1 amide bonds. The average Bonchev–Trinajstić information content (AvgIpc) is 2.71. The van der Waals surface area contributed by atoms with Gasteiger partial charge in [-0.25, -0.2) is 8.42 Å². The van der Waals surface area contributed by atoms with Crippen molar-refractivity contribution >= 4 is 53.5 Å². The highest BCUT2D eigenvalue weighted by atomic mass is 79.9. The van der Waals surface area contributed by atoms with Crippen LogP contribution in [0.4, 0.5) is 5.69 Å². The minimum Gasteiger partial charge on any atom is -0.325 e. The Morgan fingerprint density at radius 2 is 1.40 bits per heavy atom. The molecule has 0 radical (unpaired) electrons. The molecule has 0 fully saturated rings. The molecule has 0 spiro atoms. The minimum absolute atomic E-state index is 0.0897. The third kappa shape index (κ3) is 6.01.